The minimum absolute atomic E-state index is 0.446. The molecule has 0 saturated carbocycles. The second-order valence-electron chi connectivity index (χ2n) is 3.70. The highest BCUT2D eigenvalue weighted by molar-refractivity contribution is 6.05. The summed E-state index contributed by atoms with van der Waals surface area (Å²) in [5.74, 6) is 4.44. The van der Waals surface area contributed by atoms with Crippen LogP contribution in [0.4, 0.5) is 4.79 Å². The zero-order chi connectivity index (χ0) is 12.3. The van der Waals surface area contributed by atoms with Gasteiger partial charge >= 0.3 is 6.03 Å². The Morgan fingerprint density at radius 3 is 2.06 bits per heavy atom. The van der Waals surface area contributed by atoms with Crippen molar-refractivity contribution in [3.05, 3.63) is 34.4 Å². The molecule has 3 amide bonds. The zero-order valence-electron chi connectivity index (χ0n) is 9.55. The number of hydrogen-bond acceptors (Lipinski definition) is 3. The number of benzene rings is 1. The number of nitrogens with one attached hydrogen (secondary N) is 2. The Balaban J connectivity index is 3.04. The van der Waals surface area contributed by atoms with Crippen molar-refractivity contribution in [1.29, 1.82) is 0 Å². The fourth-order valence-corrected chi connectivity index (χ4v) is 1.74. The summed E-state index contributed by atoms with van der Waals surface area (Å²) in [5.41, 5.74) is 5.10. The quantitative estimate of drug-likeness (QED) is 0.374. The van der Waals surface area contributed by atoms with Crippen LogP contribution in [0.3, 0.4) is 0 Å². The van der Waals surface area contributed by atoms with Gasteiger partial charge in [-0.25, -0.2) is 10.6 Å². The molecule has 0 aromatic heterocycles. The van der Waals surface area contributed by atoms with Crippen molar-refractivity contribution in [3.8, 4) is 0 Å². The van der Waals surface area contributed by atoms with Crippen molar-refractivity contribution in [2.24, 2.45) is 5.84 Å². The second kappa shape index (κ2) is 4.76. The number of amides is 3. The van der Waals surface area contributed by atoms with Gasteiger partial charge in [-0.1, -0.05) is 17.7 Å². The van der Waals surface area contributed by atoms with Crippen LogP contribution in [0.25, 0.3) is 0 Å². The molecular formula is C11H15N3O2. The van der Waals surface area contributed by atoms with E-state index in [1.807, 2.05) is 38.3 Å². The third kappa shape index (κ3) is 2.58. The number of imide groups is 1. The van der Waals surface area contributed by atoms with Crippen molar-refractivity contribution < 1.29 is 9.59 Å². The van der Waals surface area contributed by atoms with Gasteiger partial charge in [0.1, 0.15) is 0 Å². The second-order valence-corrected chi connectivity index (χ2v) is 3.70. The fourth-order valence-electron chi connectivity index (χ4n) is 1.74. The first-order valence-corrected chi connectivity index (χ1v) is 4.85. The smallest absolute Gasteiger partial charge is 0.276 e. The molecule has 0 aliphatic carbocycles. The lowest BCUT2D eigenvalue weighted by atomic mass is 9.99. The van der Waals surface area contributed by atoms with Crippen molar-refractivity contribution in [3.63, 3.8) is 0 Å². The van der Waals surface area contributed by atoms with Crippen LogP contribution >= 0.6 is 0 Å². The van der Waals surface area contributed by atoms with E-state index < -0.39 is 11.9 Å². The molecule has 0 unspecified atom stereocenters. The Hall–Kier alpha value is -1.88. The molecule has 0 atom stereocenters. The van der Waals surface area contributed by atoms with Crippen LogP contribution < -0.4 is 16.6 Å². The zero-order valence-corrected chi connectivity index (χ0v) is 9.55. The summed E-state index contributed by atoms with van der Waals surface area (Å²) in [4.78, 5) is 22.7. The van der Waals surface area contributed by atoms with Gasteiger partial charge in [0, 0.05) is 5.56 Å². The average molecular weight is 221 g/mol. The third-order valence-electron chi connectivity index (χ3n) is 2.26. The van der Waals surface area contributed by atoms with E-state index in [1.54, 1.807) is 0 Å². The maximum Gasteiger partial charge on any atom is 0.335 e. The summed E-state index contributed by atoms with van der Waals surface area (Å²) in [5, 5.41) is 2.13. The van der Waals surface area contributed by atoms with Crippen molar-refractivity contribution >= 4 is 11.9 Å². The fraction of sp³-hybridized carbons (Fsp3) is 0.273. The summed E-state index contributed by atoms with van der Waals surface area (Å²) in [6.45, 7) is 5.61. The highest BCUT2D eigenvalue weighted by Crippen LogP contribution is 2.15. The molecule has 0 radical (unpaired) electrons. The van der Waals surface area contributed by atoms with Crippen LogP contribution in [-0.4, -0.2) is 11.9 Å². The third-order valence-corrected chi connectivity index (χ3v) is 2.26. The predicted octanol–water partition coefficient (Wildman–Crippen LogP) is 0.925. The van der Waals surface area contributed by atoms with Crippen LogP contribution in [0.5, 0.6) is 0 Å². The lowest BCUT2D eigenvalue weighted by Gasteiger charge is -2.10. The van der Waals surface area contributed by atoms with E-state index in [1.165, 1.54) is 0 Å². The van der Waals surface area contributed by atoms with E-state index in [2.05, 4.69) is 5.32 Å². The largest absolute Gasteiger partial charge is 0.335 e. The van der Waals surface area contributed by atoms with E-state index in [4.69, 9.17) is 5.84 Å². The van der Waals surface area contributed by atoms with Crippen LogP contribution in [0.1, 0.15) is 27.0 Å². The Morgan fingerprint density at radius 1 is 1.12 bits per heavy atom. The van der Waals surface area contributed by atoms with E-state index in [-0.39, 0.29) is 0 Å². The summed E-state index contributed by atoms with van der Waals surface area (Å²) in [6.07, 6.45) is 0. The molecule has 0 aliphatic heterocycles. The molecule has 86 valence electrons. The van der Waals surface area contributed by atoms with Gasteiger partial charge in [0.2, 0.25) is 0 Å². The van der Waals surface area contributed by atoms with Crippen LogP contribution in [-0.2, 0) is 0 Å². The Labute approximate surface area is 94.0 Å². The molecular weight excluding hydrogens is 206 g/mol. The number of carbonyl (C=O) groups is 2. The molecule has 1 rings (SSSR count). The van der Waals surface area contributed by atoms with Gasteiger partial charge in [-0.05, 0) is 31.9 Å². The van der Waals surface area contributed by atoms with Gasteiger partial charge in [0.15, 0.2) is 0 Å². The maximum absolute atomic E-state index is 11.7. The molecule has 4 N–H and O–H groups in total. The predicted molar refractivity (Wildman–Crippen MR) is 60.8 cm³/mol. The number of rotatable bonds is 1. The average Bonchev–Trinajstić information content (AvgIpc) is 2.15. The summed E-state index contributed by atoms with van der Waals surface area (Å²) in [6, 6.07) is 3.06. The number of aryl methyl sites for hydroxylation is 3. The molecule has 0 bridgehead atoms. The highest BCUT2D eigenvalue weighted by Gasteiger charge is 2.14. The molecule has 0 aliphatic rings. The lowest BCUT2D eigenvalue weighted by molar-refractivity contribution is 0.0963. The molecule has 0 spiro atoms. The molecule has 0 heterocycles. The maximum atomic E-state index is 11.7. The van der Waals surface area contributed by atoms with Crippen molar-refractivity contribution in [1.82, 2.24) is 10.7 Å². The number of hydrazine groups is 1. The van der Waals surface area contributed by atoms with Gasteiger partial charge in [0.25, 0.3) is 5.91 Å². The van der Waals surface area contributed by atoms with E-state index >= 15 is 0 Å². The Bertz CT molecular complexity index is 418. The summed E-state index contributed by atoms with van der Waals surface area (Å²) in [7, 11) is 0. The van der Waals surface area contributed by atoms with Crippen LogP contribution in [0, 0.1) is 20.8 Å². The van der Waals surface area contributed by atoms with E-state index in [9.17, 15) is 9.59 Å². The van der Waals surface area contributed by atoms with Gasteiger partial charge in [-0.2, -0.15) is 0 Å². The first-order chi connectivity index (χ1) is 7.45. The van der Waals surface area contributed by atoms with Gasteiger partial charge in [-0.15, -0.1) is 0 Å². The summed E-state index contributed by atoms with van der Waals surface area (Å²) < 4.78 is 0. The number of carbonyl (C=O) groups excluding carboxylic acids is 2. The highest BCUT2D eigenvalue weighted by atomic mass is 16.2. The number of urea groups is 1. The first-order valence-electron chi connectivity index (χ1n) is 4.85. The molecule has 0 saturated heterocycles. The number of hydrogen-bond donors (Lipinski definition) is 3. The molecule has 16 heavy (non-hydrogen) atoms. The molecule has 5 nitrogen and oxygen atoms in total. The molecule has 1 aromatic rings. The minimum Gasteiger partial charge on any atom is -0.276 e. The monoisotopic (exact) mass is 221 g/mol. The SMILES string of the molecule is Cc1cc(C)c(C(=O)NC(=O)NN)c(C)c1. The van der Waals surface area contributed by atoms with Gasteiger partial charge in [-0.3, -0.25) is 15.5 Å². The summed E-state index contributed by atoms with van der Waals surface area (Å²) >= 11 is 0. The Kier molecular flexibility index (Phi) is 3.63. The van der Waals surface area contributed by atoms with Crippen LogP contribution in [0.15, 0.2) is 12.1 Å². The Morgan fingerprint density at radius 2 is 1.62 bits per heavy atom. The van der Waals surface area contributed by atoms with E-state index in [0.717, 1.165) is 16.7 Å². The standard InChI is InChI=1S/C11H15N3O2/c1-6-4-7(2)9(8(3)5-6)10(15)13-11(16)14-12/h4-5H,12H2,1-3H3,(H2,13,14,15,16). The first kappa shape index (κ1) is 12.2. The van der Waals surface area contributed by atoms with Crippen molar-refractivity contribution in [2.75, 3.05) is 0 Å². The van der Waals surface area contributed by atoms with Gasteiger partial charge < -0.3 is 0 Å². The van der Waals surface area contributed by atoms with E-state index in [0.29, 0.717) is 5.56 Å². The molecule has 0 fully saturated rings. The number of nitrogens with two attached hydrogens (primary N) is 1. The van der Waals surface area contributed by atoms with Crippen LogP contribution in [0.2, 0.25) is 0 Å². The lowest BCUT2D eigenvalue weighted by Crippen LogP contribution is -2.43. The minimum atomic E-state index is -0.718. The van der Waals surface area contributed by atoms with Crippen molar-refractivity contribution in [2.45, 2.75) is 20.8 Å². The molecule has 1 aromatic carbocycles. The topological polar surface area (TPSA) is 84.2 Å². The molecule has 5 heteroatoms. The normalized spacial score (nSPS) is 9.75. The van der Waals surface area contributed by atoms with Gasteiger partial charge in [0.05, 0.1) is 0 Å².